The molecular formula is C25H31ClN4O5. The van der Waals surface area contributed by atoms with E-state index in [1.165, 1.54) is 26.2 Å². The van der Waals surface area contributed by atoms with Crippen molar-refractivity contribution in [2.45, 2.75) is 38.2 Å². The van der Waals surface area contributed by atoms with Crippen LogP contribution in [0.2, 0.25) is 5.15 Å². The molecule has 3 N–H and O–H groups in total. The van der Waals surface area contributed by atoms with Gasteiger partial charge in [0.15, 0.2) is 0 Å². The number of hydrogen-bond donors (Lipinski definition) is 3. The maximum absolute atomic E-state index is 13.8. The summed E-state index contributed by atoms with van der Waals surface area (Å²) in [7, 11) is 1.49. The number of likely N-dealkylation sites (tertiary alicyclic amines) is 1. The zero-order chi connectivity index (χ0) is 25.8. The highest BCUT2D eigenvalue weighted by Crippen LogP contribution is 2.40. The average molecular weight is 503 g/mol. The first kappa shape index (κ1) is 26.6. The average Bonchev–Trinajstić information content (AvgIpc) is 2.80. The maximum Gasteiger partial charge on any atom is 0.302 e. The van der Waals surface area contributed by atoms with E-state index in [-0.39, 0.29) is 41.4 Å². The first-order valence-corrected chi connectivity index (χ1v) is 11.8. The molecule has 1 aliphatic rings. The molecule has 188 valence electrons. The molecule has 2 heterocycles. The van der Waals surface area contributed by atoms with Crippen molar-refractivity contribution in [2.75, 3.05) is 38.6 Å². The number of carbonyl (C=O) groups excluding carboxylic acids is 3. The lowest BCUT2D eigenvalue weighted by Crippen LogP contribution is -2.66. The summed E-state index contributed by atoms with van der Waals surface area (Å²) in [6.45, 7) is 6.24. The Hall–Kier alpha value is -3.01. The Balaban J connectivity index is 1.91. The molecule has 1 atom stereocenters. The number of esters is 1. The Morgan fingerprint density at radius 2 is 1.94 bits per heavy atom. The van der Waals surface area contributed by atoms with Crippen LogP contribution in [0.5, 0.6) is 0 Å². The number of halogens is 1. The first-order chi connectivity index (χ1) is 16.6. The highest BCUT2D eigenvalue weighted by molar-refractivity contribution is 6.30. The van der Waals surface area contributed by atoms with Crippen molar-refractivity contribution in [2.24, 2.45) is 0 Å². The van der Waals surface area contributed by atoms with E-state index in [4.69, 9.17) is 16.3 Å². The van der Waals surface area contributed by atoms with E-state index in [2.05, 4.69) is 29.5 Å². The number of aromatic nitrogens is 1. The van der Waals surface area contributed by atoms with Gasteiger partial charge in [-0.3, -0.25) is 19.3 Å². The summed E-state index contributed by atoms with van der Waals surface area (Å²) in [6.07, 6.45) is 0.493. The molecule has 0 radical (unpaired) electrons. The molecule has 2 aromatic rings. The number of rotatable bonds is 9. The predicted octanol–water partition coefficient (Wildman–Crippen LogP) is 2.33. The number of aliphatic hydroxyl groups is 1. The predicted molar refractivity (Wildman–Crippen MR) is 133 cm³/mol. The second-order valence-corrected chi connectivity index (χ2v) is 9.42. The molecule has 0 bridgehead atoms. The van der Waals surface area contributed by atoms with Crippen LogP contribution >= 0.6 is 11.6 Å². The zero-order valence-electron chi connectivity index (χ0n) is 20.3. The van der Waals surface area contributed by atoms with Gasteiger partial charge < -0.3 is 20.5 Å². The largest absolute Gasteiger partial charge is 0.463 e. The Morgan fingerprint density at radius 3 is 2.57 bits per heavy atom. The Labute approximate surface area is 209 Å². The molecule has 0 aliphatic carbocycles. The van der Waals surface area contributed by atoms with Gasteiger partial charge in [-0.25, -0.2) is 4.98 Å². The van der Waals surface area contributed by atoms with E-state index >= 15 is 0 Å². The molecule has 2 amide bonds. The number of ether oxygens (including phenoxy) is 1. The summed E-state index contributed by atoms with van der Waals surface area (Å²) >= 11 is 5.98. The number of benzene rings is 1. The molecule has 0 spiro atoms. The number of pyridine rings is 1. The number of nitrogens with one attached hydrogen (secondary N) is 2. The molecule has 0 unspecified atom stereocenters. The van der Waals surface area contributed by atoms with Crippen LogP contribution in [0.3, 0.4) is 0 Å². The van der Waals surface area contributed by atoms with Crippen LogP contribution in [0.25, 0.3) is 0 Å². The molecule has 1 saturated heterocycles. The van der Waals surface area contributed by atoms with Gasteiger partial charge in [-0.05, 0) is 23.1 Å². The summed E-state index contributed by atoms with van der Waals surface area (Å²) in [5, 5.41) is 15.8. The molecule has 1 aromatic carbocycles. The Morgan fingerprint density at radius 1 is 1.26 bits per heavy atom. The number of aliphatic hydroxyl groups excluding tert-OH is 1. The second kappa shape index (κ2) is 11.2. The fraction of sp³-hybridized carbons (Fsp3) is 0.440. The van der Waals surface area contributed by atoms with Crippen LogP contribution in [0.1, 0.15) is 48.2 Å². The fourth-order valence-electron chi connectivity index (χ4n) is 4.38. The summed E-state index contributed by atoms with van der Waals surface area (Å²) < 4.78 is 4.89. The smallest absolute Gasteiger partial charge is 0.302 e. The number of β-amino-alcohol motifs (C(OH)–C–C–N with tert-alkyl or cyclic N) is 1. The van der Waals surface area contributed by atoms with Crippen LogP contribution in [-0.2, 0) is 19.7 Å². The van der Waals surface area contributed by atoms with Crippen molar-refractivity contribution in [1.82, 2.24) is 15.2 Å². The normalized spacial score (nSPS) is 15.7. The fourth-order valence-corrected chi connectivity index (χ4v) is 4.53. The molecule has 3 rings (SSSR count). The van der Waals surface area contributed by atoms with Crippen molar-refractivity contribution >= 4 is 35.1 Å². The summed E-state index contributed by atoms with van der Waals surface area (Å²) in [5.74, 6) is -0.968. The third kappa shape index (κ3) is 5.98. The topological polar surface area (TPSA) is 121 Å². The van der Waals surface area contributed by atoms with Gasteiger partial charge >= 0.3 is 5.97 Å². The Bertz CT molecular complexity index is 1100. The van der Waals surface area contributed by atoms with Crippen LogP contribution in [0.4, 0.5) is 5.69 Å². The quantitative estimate of drug-likeness (QED) is 0.355. The SMILES string of the molecule is CNC(=O)c1cc(Cl)ncc1NC(=O)C1(c2ccccc2C(C)C)CN(C[C@@H](O)COC(C)=O)C1. The summed E-state index contributed by atoms with van der Waals surface area (Å²) in [5.41, 5.74) is 1.49. The van der Waals surface area contributed by atoms with Gasteiger partial charge in [0.2, 0.25) is 5.91 Å². The monoisotopic (exact) mass is 502 g/mol. The van der Waals surface area contributed by atoms with Crippen molar-refractivity contribution < 1.29 is 24.2 Å². The number of nitrogens with zero attached hydrogens (tertiary/aromatic N) is 2. The van der Waals surface area contributed by atoms with E-state index in [0.29, 0.717) is 13.1 Å². The van der Waals surface area contributed by atoms with E-state index in [1.807, 2.05) is 29.2 Å². The number of hydrogen-bond acceptors (Lipinski definition) is 7. The second-order valence-electron chi connectivity index (χ2n) is 9.04. The van der Waals surface area contributed by atoms with E-state index in [1.54, 1.807) is 0 Å². The first-order valence-electron chi connectivity index (χ1n) is 11.4. The van der Waals surface area contributed by atoms with E-state index in [9.17, 15) is 19.5 Å². The van der Waals surface area contributed by atoms with Crippen LogP contribution in [0.15, 0.2) is 36.5 Å². The van der Waals surface area contributed by atoms with Crippen molar-refractivity contribution in [3.05, 3.63) is 58.4 Å². The lowest BCUT2D eigenvalue weighted by molar-refractivity contribution is -0.144. The summed E-state index contributed by atoms with van der Waals surface area (Å²) in [6, 6.07) is 9.20. The van der Waals surface area contributed by atoms with Gasteiger partial charge in [-0.1, -0.05) is 49.7 Å². The lowest BCUT2D eigenvalue weighted by atomic mass is 9.69. The molecular weight excluding hydrogens is 472 g/mol. The van der Waals surface area contributed by atoms with Crippen molar-refractivity contribution in [3.63, 3.8) is 0 Å². The molecule has 1 fully saturated rings. The maximum atomic E-state index is 13.8. The van der Waals surface area contributed by atoms with Gasteiger partial charge in [-0.2, -0.15) is 0 Å². The van der Waals surface area contributed by atoms with E-state index in [0.717, 1.165) is 11.1 Å². The minimum absolute atomic E-state index is 0.112. The third-order valence-electron chi connectivity index (χ3n) is 6.06. The summed E-state index contributed by atoms with van der Waals surface area (Å²) in [4.78, 5) is 43.2. The third-order valence-corrected chi connectivity index (χ3v) is 6.27. The zero-order valence-corrected chi connectivity index (χ0v) is 21.1. The number of amides is 2. The van der Waals surface area contributed by atoms with Crippen LogP contribution < -0.4 is 10.6 Å². The van der Waals surface area contributed by atoms with Gasteiger partial charge in [0, 0.05) is 33.6 Å². The van der Waals surface area contributed by atoms with Crippen LogP contribution in [-0.4, -0.2) is 72.2 Å². The number of carbonyl (C=O) groups is 3. The molecule has 0 saturated carbocycles. The molecule has 35 heavy (non-hydrogen) atoms. The molecule has 1 aliphatic heterocycles. The minimum Gasteiger partial charge on any atom is -0.463 e. The van der Waals surface area contributed by atoms with Gasteiger partial charge in [0.25, 0.3) is 5.91 Å². The van der Waals surface area contributed by atoms with E-state index < -0.39 is 23.4 Å². The molecule has 10 heteroatoms. The Kier molecular flexibility index (Phi) is 8.47. The highest BCUT2D eigenvalue weighted by Gasteiger charge is 2.52. The van der Waals surface area contributed by atoms with Crippen LogP contribution in [0, 0.1) is 0 Å². The number of anilines is 1. The molecule has 9 nitrogen and oxygen atoms in total. The van der Waals surface area contributed by atoms with Gasteiger partial charge in [0.05, 0.1) is 22.9 Å². The van der Waals surface area contributed by atoms with Crippen molar-refractivity contribution in [3.8, 4) is 0 Å². The van der Waals surface area contributed by atoms with Gasteiger partial charge in [0.1, 0.15) is 17.9 Å². The minimum atomic E-state index is -0.915. The molecule has 1 aromatic heterocycles. The standard InChI is InChI=1S/C25H31ClN4O5/c1-15(2)18-7-5-6-8-20(18)25(13-30(14-25)11-17(32)12-35-16(3)31)24(34)29-21-10-28-22(26)9-19(21)23(33)27-4/h5-10,15,17,32H,11-14H2,1-4H3,(H,27,33)(H,29,34)/t17-/m1/s1. The highest BCUT2D eigenvalue weighted by atomic mass is 35.5. The lowest BCUT2D eigenvalue weighted by Gasteiger charge is -2.50. The van der Waals surface area contributed by atoms with Gasteiger partial charge in [-0.15, -0.1) is 0 Å². The van der Waals surface area contributed by atoms with Crippen molar-refractivity contribution in [1.29, 1.82) is 0 Å².